The lowest BCUT2D eigenvalue weighted by molar-refractivity contribution is 0.479. The maximum Gasteiger partial charge on any atom is 0.126 e. The average Bonchev–Trinajstić information content (AvgIpc) is 2.75. The largest absolute Gasteiger partial charge is 0.327 e. The van der Waals surface area contributed by atoms with Crippen LogP contribution in [0.2, 0.25) is 0 Å². The first kappa shape index (κ1) is 14.1. The molecule has 3 nitrogen and oxygen atoms in total. The van der Waals surface area contributed by atoms with Crippen LogP contribution < -0.4 is 5.73 Å². The number of imidazole rings is 1. The lowest BCUT2D eigenvalue weighted by atomic mass is 10.0. The number of aryl methyl sites for hydroxylation is 2. The van der Waals surface area contributed by atoms with E-state index in [1.165, 1.54) is 11.1 Å². The minimum absolute atomic E-state index is 0.0254. The van der Waals surface area contributed by atoms with E-state index in [0.29, 0.717) is 5.92 Å². The highest BCUT2D eigenvalue weighted by atomic mass is 15.1. The Morgan fingerprint density at radius 2 is 2.00 bits per heavy atom. The zero-order valence-electron chi connectivity index (χ0n) is 12.5. The van der Waals surface area contributed by atoms with Crippen LogP contribution in [0.5, 0.6) is 0 Å². The Morgan fingerprint density at radius 3 is 2.58 bits per heavy atom. The zero-order valence-corrected chi connectivity index (χ0v) is 12.5. The molecule has 2 N–H and O–H groups in total. The molecule has 1 atom stereocenters. The van der Waals surface area contributed by atoms with Gasteiger partial charge in [-0.2, -0.15) is 0 Å². The van der Waals surface area contributed by atoms with Gasteiger partial charge in [-0.25, -0.2) is 4.98 Å². The van der Waals surface area contributed by atoms with Crippen molar-refractivity contribution >= 4 is 11.0 Å². The molecule has 104 valence electrons. The molecule has 1 aromatic heterocycles. The molecular weight excluding hydrogens is 234 g/mol. The van der Waals surface area contributed by atoms with Gasteiger partial charge in [-0.05, 0) is 43.4 Å². The fourth-order valence-electron chi connectivity index (χ4n) is 2.64. The van der Waals surface area contributed by atoms with Gasteiger partial charge in [0.05, 0.1) is 17.1 Å². The summed E-state index contributed by atoms with van der Waals surface area (Å²) in [4.78, 5) is 4.78. The molecule has 0 saturated heterocycles. The first-order chi connectivity index (χ1) is 9.06. The van der Waals surface area contributed by atoms with E-state index in [1.54, 1.807) is 0 Å². The van der Waals surface area contributed by atoms with Crippen LogP contribution in [0.15, 0.2) is 18.2 Å². The van der Waals surface area contributed by atoms with Crippen molar-refractivity contribution in [2.24, 2.45) is 11.7 Å². The lowest BCUT2D eigenvalue weighted by Crippen LogP contribution is -2.18. The maximum atomic E-state index is 6.32. The van der Waals surface area contributed by atoms with Gasteiger partial charge in [0.1, 0.15) is 5.82 Å². The summed E-state index contributed by atoms with van der Waals surface area (Å²) in [6.45, 7) is 9.65. The highest BCUT2D eigenvalue weighted by Gasteiger charge is 2.17. The second kappa shape index (κ2) is 5.74. The molecule has 0 fully saturated rings. The van der Waals surface area contributed by atoms with E-state index in [9.17, 15) is 0 Å². The molecule has 1 unspecified atom stereocenters. The standard InChI is InChI=1S/C16H25N3/c1-5-12-7-8-15-14(10-12)18-16(19(15)6-2)13(17)9-11(3)4/h7-8,10-11,13H,5-6,9,17H2,1-4H3. The summed E-state index contributed by atoms with van der Waals surface area (Å²) in [5.41, 5.74) is 9.94. The van der Waals surface area contributed by atoms with E-state index in [2.05, 4.69) is 50.5 Å². The van der Waals surface area contributed by atoms with Crippen LogP contribution in [-0.2, 0) is 13.0 Å². The van der Waals surface area contributed by atoms with Crippen LogP contribution in [0.25, 0.3) is 11.0 Å². The number of rotatable bonds is 5. The summed E-state index contributed by atoms with van der Waals surface area (Å²) < 4.78 is 2.25. The van der Waals surface area contributed by atoms with Crippen molar-refractivity contribution in [3.63, 3.8) is 0 Å². The summed E-state index contributed by atoms with van der Waals surface area (Å²) in [5.74, 6) is 1.62. The first-order valence-electron chi connectivity index (χ1n) is 7.31. The van der Waals surface area contributed by atoms with E-state index < -0.39 is 0 Å². The van der Waals surface area contributed by atoms with Gasteiger partial charge in [0, 0.05) is 6.54 Å². The molecule has 0 aliphatic rings. The fraction of sp³-hybridized carbons (Fsp3) is 0.562. The molecule has 0 aliphatic carbocycles. The van der Waals surface area contributed by atoms with Gasteiger partial charge in [-0.1, -0.05) is 26.8 Å². The Labute approximate surface area is 115 Å². The Balaban J connectivity index is 2.48. The third kappa shape index (κ3) is 2.81. The third-order valence-corrected chi connectivity index (χ3v) is 3.62. The van der Waals surface area contributed by atoms with Crippen molar-refractivity contribution in [3.8, 4) is 0 Å². The van der Waals surface area contributed by atoms with Crippen molar-refractivity contribution < 1.29 is 0 Å². The molecule has 0 amide bonds. The maximum absolute atomic E-state index is 6.32. The smallest absolute Gasteiger partial charge is 0.126 e. The lowest BCUT2D eigenvalue weighted by Gasteiger charge is -2.15. The normalized spacial score (nSPS) is 13.4. The van der Waals surface area contributed by atoms with Gasteiger partial charge in [-0.3, -0.25) is 0 Å². The van der Waals surface area contributed by atoms with Crippen LogP contribution >= 0.6 is 0 Å². The number of nitrogens with zero attached hydrogens (tertiary/aromatic N) is 2. The number of hydrogen-bond acceptors (Lipinski definition) is 2. The van der Waals surface area contributed by atoms with Crippen LogP contribution in [-0.4, -0.2) is 9.55 Å². The Morgan fingerprint density at radius 1 is 1.26 bits per heavy atom. The predicted octanol–water partition coefficient (Wildman–Crippen LogP) is 3.66. The molecule has 2 aromatic rings. The molecule has 0 spiro atoms. The molecule has 19 heavy (non-hydrogen) atoms. The van der Waals surface area contributed by atoms with Crippen LogP contribution in [0.1, 0.15) is 51.5 Å². The number of aromatic nitrogens is 2. The molecule has 0 radical (unpaired) electrons. The van der Waals surface area contributed by atoms with Gasteiger partial charge in [0.2, 0.25) is 0 Å². The van der Waals surface area contributed by atoms with Crippen LogP contribution in [0.4, 0.5) is 0 Å². The summed E-state index contributed by atoms with van der Waals surface area (Å²) in [5, 5.41) is 0. The molecule has 1 aromatic carbocycles. The van der Waals surface area contributed by atoms with Gasteiger partial charge < -0.3 is 10.3 Å². The van der Waals surface area contributed by atoms with E-state index in [4.69, 9.17) is 10.7 Å². The van der Waals surface area contributed by atoms with Gasteiger partial charge in [0.25, 0.3) is 0 Å². The fourth-order valence-corrected chi connectivity index (χ4v) is 2.64. The van der Waals surface area contributed by atoms with E-state index >= 15 is 0 Å². The Kier molecular flexibility index (Phi) is 4.25. The summed E-state index contributed by atoms with van der Waals surface area (Å²) in [6.07, 6.45) is 2.02. The molecule has 2 rings (SSSR count). The predicted molar refractivity (Wildman–Crippen MR) is 81.2 cm³/mol. The topological polar surface area (TPSA) is 43.8 Å². The third-order valence-electron chi connectivity index (χ3n) is 3.62. The van der Waals surface area contributed by atoms with Crippen molar-refractivity contribution in [3.05, 3.63) is 29.6 Å². The van der Waals surface area contributed by atoms with Crippen molar-refractivity contribution in [2.75, 3.05) is 0 Å². The minimum atomic E-state index is 0.0254. The Bertz CT molecular complexity index is 554. The van der Waals surface area contributed by atoms with Crippen molar-refractivity contribution in [2.45, 2.75) is 53.1 Å². The molecule has 0 aliphatic heterocycles. The molecule has 1 heterocycles. The van der Waals surface area contributed by atoms with E-state index in [-0.39, 0.29) is 6.04 Å². The molecule has 0 saturated carbocycles. The SMILES string of the molecule is CCc1ccc2c(c1)nc(C(N)CC(C)C)n2CC. The summed E-state index contributed by atoms with van der Waals surface area (Å²) in [7, 11) is 0. The number of benzene rings is 1. The van der Waals surface area contributed by atoms with Gasteiger partial charge in [0.15, 0.2) is 0 Å². The van der Waals surface area contributed by atoms with Gasteiger partial charge >= 0.3 is 0 Å². The highest BCUT2D eigenvalue weighted by molar-refractivity contribution is 5.77. The summed E-state index contributed by atoms with van der Waals surface area (Å²) in [6, 6.07) is 6.58. The molecule has 0 bridgehead atoms. The highest BCUT2D eigenvalue weighted by Crippen LogP contribution is 2.24. The molecular formula is C16H25N3. The van der Waals surface area contributed by atoms with Crippen LogP contribution in [0, 0.1) is 5.92 Å². The Hall–Kier alpha value is -1.35. The van der Waals surface area contributed by atoms with Crippen LogP contribution in [0.3, 0.4) is 0 Å². The monoisotopic (exact) mass is 259 g/mol. The second-order valence-electron chi connectivity index (χ2n) is 5.63. The van der Waals surface area contributed by atoms with E-state index in [1.807, 2.05) is 0 Å². The number of hydrogen-bond donors (Lipinski definition) is 1. The number of fused-ring (bicyclic) bond motifs is 1. The molecule has 3 heteroatoms. The second-order valence-corrected chi connectivity index (χ2v) is 5.63. The number of nitrogens with two attached hydrogens (primary N) is 1. The van der Waals surface area contributed by atoms with Crippen molar-refractivity contribution in [1.29, 1.82) is 0 Å². The zero-order chi connectivity index (χ0) is 14.0. The average molecular weight is 259 g/mol. The summed E-state index contributed by atoms with van der Waals surface area (Å²) >= 11 is 0. The van der Waals surface area contributed by atoms with E-state index in [0.717, 1.165) is 30.7 Å². The van der Waals surface area contributed by atoms with Gasteiger partial charge in [-0.15, -0.1) is 0 Å². The quantitative estimate of drug-likeness (QED) is 0.890. The first-order valence-corrected chi connectivity index (χ1v) is 7.31. The van der Waals surface area contributed by atoms with Crippen molar-refractivity contribution in [1.82, 2.24) is 9.55 Å². The minimum Gasteiger partial charge on any atom is -0.327 e.